The zero-order valence-corrected chi connectivity index (χ0v) is 14.4. The van der Waals surface area contributed by atoms with Crippen LogP contribution < -0.4 is 0 Å². The molecule has 0 saturated carbocycles. The third-order valence-electron chi connectivity index (χ3n) is 3.17. The lowest BCUT2D eigenvalue weighted by molar-refractivity contribution is 0.468. The highest BCUT2D eigenvalue weighted by Crippen LogP contribution is 2.25. The van der Waals surface area contributed by atoms with E-state index in [1.165, 1.54) is 15.6 Å². The van der Waals surface area contributed by atoms with Crippen LogP contribution in [-0.2, 0) is 23.0 Å². The van der Waals surface area contributed by atoms with Gasteiger partial charge in [-0.25, -0.2) is 8.42 Å². The first-order valence-corrected chi connectivity index (χ1v) is 9.39. The van der Waals surface area contributed by atoms with Crippen LogP contribution in [0.4, 0.5) is 0 Å². The number of hydrogen-bond donors (Lipinski definition) is 0. The molecular formula is C15H18ClNO2S2. The lowest BCUT2D eigenvalue weighted by Crippen LogP contribution is -2.25. The molecule has 6 heteroatoms. The Labute approximate surface area is 135 Å². The van der Waals surface area contributed by atoms with Crippen molar-refractivity contribution in [1.82, 2.24) is 4.31 Å². The average molecular weight is 344 g/mol. The van der Waals surface area contributed by atoms with Crippen LogP contribution in [0.2, 0.25) is 0 Å². The highest BCUT2D eigenvalue weighted by Gasteiger charge is 2.22. The number of nitrogens with zero attached hydrogens (tertiary/aromatic N) is 1. The summed E-state index contributed by atoms with van der Waals surface area (Å²) in [4.78, 5) is 0.993. The Kier molecular flexibility index (Phi) is 5.43. The molecule has 0 atom stereocenters. The molecule has 0 aliphatic carbocycles. The normalized spacial score (nSPS) is 12.0. The molecule has 0 radical (unpaired) electrons. The predicted molar refractivity (Wildman–Crippen MR) is 88.6 cm³/mol. The van der Waals surface area contributed by atoms with Gasteiger partial charge in [-0.1, -0.05) is 29.8 Å². The second-order valence-corrected chi connectivity index (χ2v) is 8.72. The minimum absolute atomic E-state index is 0.366. The highest BCUT2D eigenvalue weighted by atomic mass is 35.5. The van der Waals surface area contributed by atoms with E-state index >= 15 is 0 Å². The number of sulfonamides is 1. The molecule has 0 saturated heterocycles. The van der Waals surface area contributed by atoms with Crippen LogP contribution in [0.25, 0.3) is 0 Å². The van der Waals surface area contributed by atoms with Crippen LogP contribution in [0, 0.1) is 6.92 Å². The Bertz CT molecular complexity index is 693. The molecule has 1 aromatic heterocycles. The maximum Gasteiger partial charge on any atom is 0.252 e. The second kappa shape index (κ2) is 6.92. The molecule has 1 heterocycles. The summed E-state index contributed by atoms with van der Waals surface area (Å²) in [6.07, 6.45) is 0.698. The number of benzene rings is 1. The van der Waals surface area contributed by atoms with Crippen LogP contribution in [0.5, 0.6) is 0 Å². The van der Waals surface area contributed by atoms with E-state index in [9.17, 15) is 8.42 Å². The fraction of sp³-hybridized carbons (Fsp3) is 0.333. The smallest absolute Gasteiger partial charge is 0.206 e. The van der Waals surface area contributed by atoms with Crippen molar-refractivity contribution in [3.63, 3.8) is 0 Å². The van der Waals surface area contributed by atoms with Crippen molar-refractivity contribution in [3.05, 3.63) is 52.4 Å². The maximum absolute atomic E-state index is 12.5. The summed E-state index contributed by atoms with van der Waals surface area (Å²) in [5.74, 6) is 0.499. The third-order valence-corrected chi connectivity index (χ3v) is 6.77. The van der Waals surface area contributed by atoms with Crippen molar-refractivity contribution in [2.45, 2.75) is 24.1 Å². The minimum Gasteiger partial charge on any atom is -0.206 e. The summed E-state index contributed by atoms with van der Waals surface area (Å²) < 4.78 is 26.8. The van der Waals surface area contributed by atoms with Crippen molar-refractivity contribution in [3.8, 4) is 0 Å². The quantitative estimate of drug-likeness (QED) is 0.751. The molecule has 0 amide bonds. The summed E-state index contributed by atoms with van der Waals surface area (Å²) >= 11 is 6.98. The maximum atomic E-state index is 12.5. The van der Waals surface area contributed by atoms with Crippen molar-refractivity contribution in [1.29, 1.82) is 0 Å². The first-order valence-electron chi connectivity index (χ1n) is 6.60. The molecule has 0 spiro atoms. The van der Waals surface area contributed by atoms with Crippen LogP contribution in [0.3, 0.4) is 0 Å². The van der Waals surface area contributed by atoms with E-state index in [1.807, 2.05) is 37.3 Å². The molecule has 0 fully saturated rings. The third kappa shape index (κ3) is 4.07. The van der Waals surface area contributed by atoms with E-state index in [4.69, 9.17) is 11.6 Å². The van der Waals surface area contributed by atoms with Crippen molar-refractivity contribution >= 4 is 33.0 Å². The Morgan fingerprint density at radius 2 is 1.81 bits per heavy atom. The Hall–Kier alpha value is -0.880. The van der Waals surface area contributed by atoms with Crippen molar-refractivity contribution in [2.75, 3.05) is 12.9 Å². The molecule has 114 valence electrons. The van der Waals surface area contributed by atoms with Crippen molar-refractivity contribution in [2.24, 2.45) is 0 Å². The van der Waals surface area contributed by atoms with Gasteiger partial charge in [-0.2, -0.15) is 4.31 Å². The Morgan fingerprint density at radius 1 is 1.14 bits per heavy atom. The molecule has 0 aliphatic rings. The van der Waals surface area contributed by atoms with E-state index in [-0.39, 0.29) is 0 Å². The largest absolute Gasteiger partial charge is 0.252 e. The topological polar surface area (TPSA) is 37.4 Å². The monoisotopic (exact) mass is 343 g/mol. The van der Waals surface area contributed by atoms with Crippen LogP contribution in [0.1, 0.15) is 16.0 Å². The number of rotatable bonds is 6. The highest BCUT2D eigenvalue weighted by molar-refractivity contribution is 7.91. The number of thiophene rings is 1. The Morgan fingerprint density at radius 3 is 2.43 bits per heavy atom. The van der Waals surface area contributed by atoms with Crippen molar-refractivity contribution < 1.29 is 8.42 Å². The van der Waals surface area contributed by atoms with E-state index in [0.29, 0.717) is 23.1 Å². The minimum atomic E-state index is -3.44. The summed E-state index contributed by atoms with van der Waals surface area (Å²) in [5.41, 5.74) is 2.14. The Balaban J connectivity index is 2.15. The fourth-order valence-electron chi connectivity index (χ4n) is 1.91. The summed E-state index contributed by atoms with van der Waals surface area (Å²) in [6.45, 7) is 2.37. The number of alkyl halides is 1. The first kappa shape index (κ1) is 16.5. The van der Waals surface area contributed by atoms with E-state index in [1.54, 1.807) is 13.1 Å². The summed E-state index contributed by atoms with van der Waals surface area (Å²) in [6, 6.07) is 11.4. The molecule has 0 bridgehead atoms. The van der Waals surface area contributed by atoms with Gasteiger partial charge in [0.1, 0.15) is 4.21 Å². The van der Waals surface area contributed by atoms with Gasteiger partial charge in [0.05, 0.1) is 0 Å². The fourth-order valence-corrected chi connectivity index (χ4v) is 4.95. The average Bonchev–Trinajstić information content (AvgIpc) is 2.91. The van der Waals surface area contributed by atoms with Gasteiger partial charge < -0.3 is 0 Å². The molecule has 0 unspecified atom stereocenters. The predicted octanol–water partition coefficient (Wildman–Crippen LogP) is 3.66. The van der Waals surface area contributed by atoms with E-state index in [2.05, 4.69) is 0 Å². The second-order valence-electron chi connectivity index (χ2n) is 4.91. The van der Waals surface area contributed by atoms with Gasteiger partial charge in [0.2, 0.25) is 0 Å². The van der Waals surface area contributed by atoms with Gasteiger partial charge in [0.15, 0.2) is 0 Å². The molecule has 2 rings (SSSR count). The molecule has 0 N–H and O–H groups in total. The first-order chi connectivity index (χ1) is 9.93. The molecule has 1 aromatic carbocycles. The van der Waals surface area contributed by atoms with Crippen LogP contribution in [-0.4, -0.2) is 25.7 Å². The van der Waals surface area contributed by atoms with Gasteiger partial charge in [0, 0.05) is 24.3 Å². The summed E-state index contributed by atoms with van der Waals surface area (Å²) in [7, 11) is -1.83. The van der Waals surface area contributed by atoms with Crippen LogP contribution >= 0.6 is 22.9 Å². The molecular weight excluding hydrogens is 326 g/mol. The lowest BCUT2D eigenvalue weighted by atomic mass is 10.1. The SMILES string of the molecule is Cc1ccc(CN(C)S(=O)(=O)c2ccc(CCCl)s2)cc1. The lowest BCUT2D eigenvalue weighted by Gasteiger charge is -2.16. The molecule has 21 heavy (non-hydrogen) atoms. The number of halogens is 1. The van der Waals surface area contributed by atoms with E-state index in [0.717, 1.165) is 16.0 Å². The van der Waals surface area contributed by atoms with Gasteiger partial charge in [-0.15, -0.1) is 22.9 Å². The number of aryl methyl sites for hydroxylation is 2. The molecule has 2 aromatic rings. The van der Waals surface area contributed by atoms with Crippen LogP contribution in [0.15, 0.2) is 40.6 Å². The number of hydrogen-bond acceptors (Lipinski definition) is 3. The molecule has 0 aliphatic heterocycles. The van der Waals surface area contributed by atoms with Gasteiger partial charge in [0.25, 0.3) is 10.0 Å². The summed E-state index contributed by atoms with van der Waals surface area (Å²) in [5, 5.41) is 0. The van der Waals surface area contributed by atoms with Gasteiger partial charge in [-0.05, 0) is 31.0 Å². The zero-order chi connectivity index (χ0) is 15.5. The van der Waals surface area contributed by atoms with E-state index < -0.39 is 10.0 Å². The standard InChI is InChI=1S/C15H18ClNO2S2/c1-12-3-5-13(6-4-12)11-17(2)21(18,19)15-8-7-14(20-15)9-10-16/h3-8H,9-11H2,1-2H3. The zero-order valence-electron chi connectivity index (χ0n) is 12.0. The van der Waals surface area contributed by atoms with Gasteiger partial charge >= 0.3 is 0 Å². The molecule has 3 nitrogen and oxygen atoms in total. The van der Waals surface area contributed by atoms with Gasteiger partial charge in [-0.3, -0.25) is 0 Å².